The molecule has 5 rings (SSSR count). The maximum atomic E-state index is 13.5. The molecule has 1 atom stereocenters. The van der Waals surface area contributed by atoms with Gasteiger partial charge in [0.2, 0.25) is 23.0 Å². The monoisotopic (exact) mass is 641 g/mol. The summed E-state index contributed by atoms with van der Waals surface area (Å²) < 4.78 is 17.1. The van der Waals surface area contributed by atoms with Crippen LogP contribution in [0.4, 0.5) is 5.69 Å². The molecule has 248 valence electrons. The maximum absolute atomic E-state index is 13.5. The summed E-state index contributed by atoms with van der Waals surface area (Å²) in [6, 6.07) is 14.7. The molecule has 0 aliphatic heterocycles. The van der Waals surface area contributed by atoms with Crippen molar-refractivity contribution in [1.29, 1.82) is 0 Å². The molecular formula is C36H43N5O6. The second kappa shape index (κ2) is 15.5. The third kappa shape index (κ3) is 7.85. The molecule has 4 N–H and O–H groups in total. The number of unbranched alkanes of at least 4 members (excludes halogenated alkanes) is 2. The fourth-order valence-corrected chi connectivity index (χ4v) is 6.20. The molecule has 11 nitrogen and oxygen atoms in total. The van der Waals surface area contributed by atoms with E-state index >= 15 is 0 Å². The highest BCUT2D eigenvalue weighted by atomic mass is 16.5. The molecule has 1 aliphatic rings. The molecule has 0 bridgehead atoms. The number of aromatic nitrogens is 2. The number of fused-ring (bicyclic) bond motifs is 4. The molecule has 3 aromatic carbocycles. The third-order valence-corrected chi connectivity index (χ3v) is 8.43. The number of hydrogen-bond donors (Lipinski definition) is 4. The number of hydrogen-bond acceptors (Lipinski definition) is 8. The van der Waals surface area contributed by atoms with Crippen molar-refractivity contribution in [2.24, 2.45) is 0 Å². The molecule has 1 aliphatic carbocycles. The van der Waals surface area contributed by atoms with E-state index in [1.165, 1.54) is 6.92 Å². The predicted octanol–water partition coefficient (Wildman–Crippen LogP) is 5.07. The average molecular weight is 642 g/mol. The van der Waals surface area contributed by atoms with Crippen LogP contribution in [0.3, 0.4) is 0 Å². The Bertz CT molecular complexity index is 1770. The zero-order chi connectivity index (χ0) is 33.3. The second-order valence-corrected chi connectivity index (χ2v) is 11.6. The lowest BCUT2D eigenvalue weighted by atomic mass is 9.95. The lowest BCUT2D eigenvalue weighted by molar-refractivity contribution is -0.121. The maximum Gasteiger partial charge on any atom is 0.220 e. The predicted molar refractivity (Wildman–Crippen MR) is 182 cm³/mol. The van der Waals surface area contributed by atoms with Gasteiger partial charge in [-0.25, -0.2) is 4.98 Å². The second-order valence-electron chi connectivity index (χ2n) is 11.6. The molecule has 0 unspecified atom stereocenters. The van der Waals surface area contributed by atoms with Crippen molar-refractivity contribution in [3.05, 3.63) is 75.7 Å². The van der Waals surface area contributed by atoms with Gasteiger partial charge >= 0.3 is 0 Å². The van der Waals surface area contributed by atoms with E-state index in [1.807, 2.05) is 36.4 Å². The highest BCUT2D eigenvalue weighted by molar-refractivity contribution is 5.84. The molecule has 11 heteroatoms. The van der Waals surface area contributed by atoms with Gasteiger partial charge in [0, 0.05) is 38.4 Å². The number of carbonyl (C=O) groups is 2. The van der Waals surface area contributed by atoms with E-state index in [0.29, 0.717) is 67.3 Å². The number of carbonyl (C=O) groups excluding carboxylic acids is 2. The summed E-state index contributed by atoms with van der Waals surface area (Å²) in [4.78, 5) is 45.8. The lowest BCUT2D eigenvalue weighted by Gasteiger charge is -2.19. The van der Waals surface area contributed by atoms with Crippen molar-refractivity contribution in [2.45, 2.75) is 57.9 Å². The van der Waals surface area contributed by atoms with Crippen LogP contribution < -0.4 is 35.6 Å². The Kier molecular flexibility index (Phi) is 11.0. The fourth-order valence-electron chi connectivity index (χ4n) is 6.20. The van der Waals surface area contributed by atoms with E-state index in [9.17, 15) is 14.4 Å². The average Bonchev–Trinajstić information content (AvgIpc) is 3.34. The van der Waals surface area contributed by atoms with Gasteiger partial charge in [-0.15, -0.1) is 0 Å². The highest BCUT2D eigenvalue weighted by Gasteiger charge is 2.29. The SMILES string of the molecule is COc1cc2c(c(OC)c1OC)-c1ccc(NCCCCCC(=O)NCCc3nc4ccccc4[nH]3)c(=O)cc1[C@@H](NC(C)=O)CC2. The summed E-state index contributed by atoms with van der Waals surface area (Å²) in [5.41, 5.74) is 5.49. The zero-order valence-electron chi connectivity index (χ0n) is 27.5. The molecule has 1 aromatic heterocycles. The summed E-state index contributed by atoms with van der Waals surface area (Å²) in [6.07, 6.45) is 4.70. The standard InChI is InChI=1S/C36H43N5O6/c1-22(42)39-26-15-13-23-20-31(45-2)35(46-3)36(47-4)34(23)24-14-16-29(30(43)21-25(24)26)37-18-9-5-6-12-33(44)38-19-17-32-40-27-10-7-8-11-28(27)41-32/h7-8,10-11,14,16,20-21,26H,5-6,9,12-13,15,17-19H2,1-4H3,(H,37,43)(H,38,44)(H,39,42)(H,40,41)/t26-/m0/s1. The minimum absolute atomic E-state index is 0.0196. The van der Waals surface area contributed by atoms with Crippen LogP contribution in [-0.4, -0.2) is 56.2 Å². The van der Waals surface area contributed by atoms with Gasteiger partial charge in [-0.05, 0) is 72.7 Å². The Labute approximate surface area is 274 Å². The van der Waals surface area contributed by atoms with Crippen molar-refractivity contribution in [1.82, 2.24) is 20.6 Å². The third-order valence-electron chi connectivity index (χ3n) is 8.43. The van der Waals surface area contributed by atoms with Gasteiger partial charge in [0.1, 0.15) is 5.82 Å². The minimum atomic E-state index is -0.366. The van der Waals surface area contributed by atoms with E-state index in [4.69, 9.17) is 14.2 Å². The fraction of sp³-hybridized carbons (Fsp3) is 0.389. The van der Waals surface area contributed by atoms with Gasteiger partial charge in [0.25, 0.3) is 0 Å². The molecular weight excluding hydrogens is 598 g/mol. The number of ether oxygens (including phenoxy) is 3. The van der Waals surface area contributed by atoms with Crippen LogP contribution in [0.2, 0.25) is 0 Å². The van der Waals surface area contributed by atoms with Gasteiger partial charge in [0.05, 0.1) is 44.1 Å². The smallest absolute Gasteiger partial charge is 0.220 e. The van der Waals surface area contributed by atoms with E-state index in [0.717, 1.165) is 52.8 Å². The minimum Gasteiger partial charge on any atom is -0.493 e. The number of benzene rings is 2. The van der Waals surface area contributed by atoms with Crippen LogP contribution in [0.15, 0.2) is 53.3 Å². The van der Waals surface area contributed by atoms with Crippen LogP contribution in [0.1, 0.15) is 62.0 Å². The van der Waals surface area contributed by atoms with Crippen LogP contribution >= 0.6 is 0 Å². The number of aromatic amines is 1. The number of H-pyrrole nitrogens is 1. The van der Waals surface area contributed by atoms with Gasteiger partial charge < -0.3 is 35.1 Å². The molecule has 1 heterocycles. The van der Waals surface area contributed by atoms with Crippen molar-refractivity contribution in [3.63, 3.8) is 0 Å². The molecule has 0 spiro atoms. The first-order valence-electron chi connectivity index (χ1n) is 16.0. The summed E-state index contributed by atoms with van der Waals surface area (Å²) in [5, 5.41) is 9.29. The number of aryl methyl sites for hydroxylation is 1. The van der Waals surface area contributed by atoms with Crippen LogP contribution in [0.25, 0.3) is 22.2 Å². The van der Waals surface area contributed by atoms with Crippen LogP contribution in [0.5, 0.6) is 17.2 Å². The number of imidazole rings is 1. The van der Waals surface area contributed by atoms with E-state index in [-0.39, 0.29) is 23.3 Å². The van der Waals surface area contributed by atoms with Gasteiger partial charge in [-0.1, -0.05) is 24.6 Å². The number of rotatable bonds is 14. The Balaban J connectivity index is 1.21. The molecule has 0 saturated carbocycles. The van der Waals surface area contributed by atoms with Crippen molar-refractivity contribution in [2.75, 3.05) is 39.7 Å². The lowest BCUT2D eigenvalue weighted by Crippen LogP contribution is -2.26. The largest absolute Gasteiger partial charge is 0.493 e. The van der Waals surface area contributed by atoms with Crippen molar-refractivity contribution < 1.29 is 23.8 Å². The Hall–Kier alpha value is -5.06. The molecule has 47 heavy (non-hydrogen) atoms. The number of para-hydroxylation sites is 2. The summed E-state index contributed by atoms with van der Waals surface area (Å²) >= 11 is 0. The van der Waals surface area contributed by atoms with Crippen LogP contribution in [-0.2, 0) is 22.4 Å². The first-order valence-corrected chi connectivity index (χ1v) is 16.0. The topological polar surface area (TPSA) is 144 Å². The molecule has 2 amide bonds. The van der Waals surface area contributed by atoms with Gasteiger partial charge in [-0.2, -0.15) is 0 Å². The number of nitrogens with one attached hydrogen (secondary N) is 4. The molecule has 4 aromatic rings. The number of nitrogens with zero attached hydrogens (tertiary/aromatic N) is 1. The molecule has 0 radical (unpaired) electrons. The van der Waals surface area contributed by atoms with Gasteiger partial charge in [-0.3, -0.25) is 14.4 Å². The number of methoxy groups -OCH3 is 3. The normalized spacial score (nSPS) is 13.6. The quantitative estimate of drug-likeness (QED) is 0.140. The van der Waals surface area contributed by atoms with Crippen molar-refractivity contribution in [3.8, 4) is 28.4 Å². The summed E-state index contributed by atoms with van der Waals surface area (Å²) in [5.74, 6) is 2.23. The molecule has 0 fully saturated rings. The summed E-state index contributed by atoms with van der Waals surface area (Å²) in [7, 11) is 4.72. The van der Waals surface area contributed by atoms with E-state index in [2.05, 4.69) is 25.9 Å². The van der Waals surface area contributed by atoms with Gasteiger partial charge in [0.15, 0.2) is 11.5 Å². The molecule has 0 saturated heterocycles. The van der Waals surface area contributed by atoms with E-state index in [1.54, 1.807) is 33.5 Å². The Morgan fingerprint density at radius 2 is 1.77 bits per heavy atom. The van der Waals surface area contributed by atoms with Crippen molar-refractivity contribution >= 4 is 28.5 Å². The zero-order valence-corrected chi connectivity index (χ0v) is 27.5. The number of anilines is 1. The first-order chi connectivity index (χ1) is 22.8. The van der Waals surface area contributed by atoms with Crippen LogP contribution in [0, 0.1) is 0 Å². The summed E-state index contributed by atoms with van der Waals surface area (Å²) in [6.45, 7) is 2.59. The number of amides is 2. The van der Waals surface area contributed by atoms with E-state index < -0.39 is 0 Å². The Morgan fingerprint density at radius 1 is 0.957 bits per heavy atom. The first kappa shape index (κ1) is 33.3. The highest BCUT2D eigenvalue weighted by Crippen LogP contribution is 2.50. The Morgan fingerprint density at radius 3 is 2.51 bits per heavy atom.